The van der Waals surface area contributed by atoms with Crippen molar-refractivity contribution in [3.8, 4) is 0 Å². The fourth-order valence-electron chi connectivity index (χ4n) is 4.48. The molecule has 1 saturated heterocycles. The first-order chi connectivity index (χ1) is 15.1. The summed E-state index contributed by atoms with van der Waals surface area (Å²) >= 11 is 1.71. The fraction of sp³-hybridized carbons (Fsp3) is 0.348. The summed E-state index contributed by atoms with van der Waals surface area (Å²) in [5, 5.41) is 7.35. The molecule has 7 nitrogen and oxygen atoms in total. The van der Waals surface area contributed by atoms with Crippen LogP contribution in [0.4, 0.5) is 10.7 Å². The molecule has 3 aromatic rings. The second kappa shape index (κ2) is 8.37. The summed E-state index contributed by atoms with van der Waals surface area (Å²) < 4.78 is 0. The summed E-state index contributed by atoms with van der Waals surface area (Å²) in [7, 11) is 2.09. The number of pyridine rings is 1. The Morgan fingerprint density at radius 1 is 1.19 bits per heavy atom. The van der Waals surface area contributed by atoms with E-state index in [-0.39, 0.29) is 12.1 Å². The van der Waals surface area contributed by atoms with Gasteiger partial charge in [-0.1, -0.05) is 6.07 Å². The lowest BCUT2D eigenvalue weighted by Gasteiger charge is -2.43. The molecular weight excluding hydrogens is 408 g/mol. The summed E-state index contributed by atoms with van der Waals surface area (Å²) in [6.07, 6.45) is 3.92. The zero-order chi connectivity index (χ0) is 21.4. The minimum atomic E-state index is 0.0164. The van der Waals surface area contributed by atoms with Crippen molar-refractivity contribution >= 4 is 45.2 Å². The Labute approximate surface area is 186 Å². The molecule has 1 N–H and O–H groups in total. The first kappa shape index (κ1) is 20.1. The third kappa shape index (κ3) is 3.94. The second-order valence-electron chi connectivity index (χ2n) is 8.16. The Morgan fingerprint density at radius 2 is 2.03 bits per heavy atom. The number of rotatable bonds is 4. The van der Waals surface area contributed by atoms with Gasteiger partial charge in [0, 0.05) is 50.4 Å². The van der Waals surface area contributed by atoms with Crippen LogP contribution in [0.2, 0.25) is 0 Å². The molecule has 1 amide bonds. The van der Waals surface area contributed by atoms with Crippen LogP contribution in [0.3, 0.4) is 0 Å². The lowest BCUT2D eigenvalue weighted by atomic mass is 10.1. The van der Waals surface area contributed by atoms with Gasteiger partial charge in [-0.2, -0.15) is 0 Å². The van der Waals surface area contributed by atoms with Crippen molar-refractivity contribution < 1.29 is 4.79 Å². The van der Waals surface area contributed by atoms with Gasteiger partial charge in [-0.05, 0) is 42.1 Å². The summed E-state index contributed by atoms with van der Waals surface area (Å²) in [6, 6.07) is 9.69. The highest BCUT2D eigenvalue weighted by Crippen LogP contribution is 2.41. The fourth-order valence-corrected chi connectivity index (χ4v) is 5.39. The number of anilines is 1. The van der Waals surface area contributed by atoms with Gasteiger partial charge in [0.05, 0.1) is 24.1 Å². The molecule has 8 heteroatoms. The van der Waals surface area contributed by atoms with Gasteiger partial charge in [-0.3, -0.25) is 19.6 Å². The highest BCUT2D eigenvalue weighted by atomic mass is 32.1. The summed E-state index contributed by atoms with van der Waals surface area (Å²) in [4.78, 5) is 28.6. The smallest absolute Gasteiger partial charge is 0.238 e. The summed E-state index contributed by atoms with van der Waals surface area (Å²) in [6.45, 7) is 6.14. The summed E-state index contributed by atoms with van der Waals surface area (Å²) in [5.74, 6) is 0.0164. The molecule has 31 heavy (non-hydrogen) atoms. The quantitative estimate of drug-likeness (QED) is 0.681. The Hall–Kier alpha value is -2.81. The number of benzene rings is 1. The second-order valence-corrected chi connectivity index (χ2v) is 9.02. The molecule has 0 radical (unpaired) electrons. The molecule has 1 aromatic carbocycles. The highest BCUT2D eigenvalue weighted by molar-refractivity contribution is 7.14. The predicted molar refractivity (Wildman–Crippen MR) is 126 cm³/mol. The van der Waals surface area contributed by atoms with Crippen LogP contribution < -0.4 is 5.32 Å². The van der Waals surface area contributed by atoms with Crippen molar-refractivity contribution in [3.63, 3.8) is 0 Å². The van der Waals surface area contributed by atoms with Crippen molar-refractivity contribution in [3.05, 3.63) is 53.0 Å². The number of aryl methyl sites for hydroxylation is 1. The number of carbonyl (C=O) groups excluding carboxylic acids is 1. The minimum Gasteiger partial charge on any atom is -0.346 e. The van der Waals surface area contributed by atoms with E-state index >= 15 is 0 Å². The van der Waals surface area contributed by atoms with Crippen LogP contribution in [0.15, 0.2) is 46.9 Å². The van der Waals surface area contributed by atoms with Gasteiger partial charge >= 0.3 is 0 Å². The number of aliphatic imine (C=N–C) groups is 1. The van der Waals surface area contributed by atoms with Crippen LogP contribution in [0.1, 0.15) is 17.3 Å². The molecule has 0 bridgehead atoms. The molecule has 1 unspecified atom stereocenters. The monoisotopic (exact) mass is 434 g/mol. The molecule has 0 aliphatic carbocycles. The zero-order valence-corrected chi connectivity index (χ0v) is 18.6. The molecular formula is C23H26N6OS. The molecule has 160 valence electrons. The molecule has 5 rings (SSSR count). The standard InChI is InChI=1S/C23H26N6OS/c1-16-14-31-22-21(16)23(27(2)15-25-22)29-11-9-28(10-12-29)13-20(30)26-19-7-3-6-18-17(19)5-4-8-24-18/h3-8,14-15,23H,9-13H2,1-2H3,(H,26,30). The third-order valence-corrected chi connectivity index (χ3v) is 7.06. The first-order valence-electron chi connectivity index (χ1n) is 10.5. The zero-order valence-electron chi connectivity index (χ0n) is 17.8. The van der Waals surface area contributed by atoms with Crippen molar-refractivity contribution in [1.82, 2.24) is 19.7 Å². The predicted octanol–water partition coefficient (Wildman–Crippen LogP) is 3.46. The van der Waals surface area contributed by atoms with Gasteiger partial charge in [0.25, 0.3) is 0 Å². The van der Waals surface area contributed by atoms with Crippen LogP contribution in [-0.4, -0.2) is 71.7 Å². The molecule has 0 spiro atoms. The normalized spacial score (nSPS) is 19.5. The lowest BCUT2D eigenvalue weighted by Crippen LogP contribution is -2.52. The van der Waals surface area contributed by atoms with Crippen LogP contribution in [0.5, 0.6) is 0 Å². The topological polar surface area (TPSA) is 64.1 Å². The van der Waals surface area contributed by atoms with Crippen molar-refractivity contribution in [1.29, 1.82) is 0 Å². The number of piperazine rings is 1. The number of aromatic nitrogens is 1. The maximum Gasteiger partial charge on any atom is 0.238 e. The Balaban J connectivity index is 1.21. The molecule has 2 aliphatic rings. The molecule has 4 heterocycles. The third-order valence-electron chi connectivity index (χ3n) is 6.04. The van der Waals surface area contributed by atoms with E-state index in [9.17, 15) is 4.79 Å². The van der Waals surface area contributed by atoms with Crippen molar-refractivity contribution in [2.24, 2.45) is 4.99 Å². The van der Waals surface area contributed by atoms with Gasteiger partial charge in [0.1, 0.15) is 11.2 Å². The van der Waals surface area contributed by atoms with E-state index in [0.29, 0.717) is 6.54 Å². The van der Waals surface area contributed by atoms with Crippen LogP contribution in [0, 0.1) is 6.92 Å². The van der Waals surface area contributed by atoms with E-state index in [1.165, 1.54) is 11.1 Å². The van der Waals surface area contributed by atoms with Gasteiger partial charge in [0.2, 0.25) is 5.91 Å². The van der Waals surface area contributed by atoms with Crippen molar-refractivity contribution in [2.45, 2.75) is 13.1 Å². The first-order valence-corrected chi connectivity index (χ1v) is 11.4. The van der Waals surface area contributed by atoms with Crippen molar-refractivity contribution in [2.75, 3.05) is 45.1 Å². The largest absolute Gasteiger partial charge is 0.346 e. The van der Waals surface area contributed by atoms with E-state index in [1.54, 1.807) is 17.5 Å². The average molecular weight is 435 g/mol. The number of amides is 1. The van der Waals surface area contributed by atoms with Crippen LogP contribution in [0.25, 0.3) is 10.9 Å². The van der Waals surface area contributed by atoms with Gasteiger partial charge in [-0.25, -0.2) is 4.99 Å². The number of hydrogen-bond acceptors (Lipinski definition) is 7. The van der Waals surface area contributed by atoms with Gasteiger partial charge < -0.3 is 10.2 Å². The number of nitrogens with zero attached hydrogens (tertiary/aromatic N) is 5. The molecule has 1 atom stereocenters. The van der Waals surface area contributed by atoms with Gasteiger partial charge in [-0.15, -0.1) is 11.3 Å². The number of hydrogen-bond donors (Lipinski definition) is 1. The number of thiophene rings is 1. The highest BCUT2D eigenvalue weighted by Gasteiger charge is 2.33. The van der Waals surface area contributed by atoms with E-state index in [1.807, 2.05) is 36.7 Å². The molecule has 1 fully saturated rings. The molecule has 2 aromatic heterocycles. The summed E-state index contributed by atoms with van der Waals surface area (Å²) in [5.41, 5.74) is 4.33. The molecule has 2 aliphatic heterocycles. The van der Waals surface area contributed by atoms with Gasteiger partial charge in [0.15, 0.2) is 0 Å². The van der Waals surface area contributed by atoms with E-state index in [0.717, 1.165) is 47.8 Å². The Kier molecular flexibility index (Phi) is 5.43. The maximum atomic E-state index is 12.7. The molecule has 0 saturated carbocycles. The lowest BCUT2D eigenvalue weighted by molar-refractivity contribution is -0.117. The van der Waals surface area contributed by atoms with E-state index < -0.39 is 0 Å². The number of fused-ring (bicyclic) bond motifs is 2. The van der Waals surface area contributed by atoms with Crippen LogP contribution >= 0.6 is 11.3 Å². The maximum absolute atomic E-state index is 12.7. The Bertz CT molecular complexity index is 1130. The SMILES string of the molecule is Cc1csc2c1C(N1CCN(CC(=O)Nc3cccc4ncccc34)CC1)N(C)C=N2. The number of carbonyl (C=O) groups is 1. The Morgan fingerprint density at radius 3 is 2.87 bits per heavy atom. The van der Waals surface area contributed by atoms with E-state index in [4.69, 9.17) is 0 Å². The average Bonchev–Trinajstić information content (AvgIpc) is 3.15. The van der Waals surface area contributed by atoms with E-state index in [2.05, 4.69) is 49.3 Å². The minimum absolute atomic E-state index is 0.0164. The van der Waals surface area contributed by atoms with Crippen LogP contribution in [-0.2, 0) is 4.79 Å². The number of nitrogens with one attached hydrogen (secondary N) is 1.